The van der Waals surface area contributed by atoms with E-state index in [2.05, 4.69) is 23.5 Å². The number of benzene rings is 1. The second kappa shape index (κ2) is 6.42. The van der Waals surface area contributed by atoms with Gasteiger partial charge in [0.25, 0.3) is 0 Å². The van der Waals surface area contributed by atoms with E-state index in [1.54, 1.807) is 6.07 Å². The molecule has 0 aliphatic carbocycles. The summed E-state index contributed by atoms with van der Waals surface area (Å²) in [6.07, 6.45) is 2.05. The number of rotatable bonds is 5. The lowest BCUT2D eigenvalue weighted by Crippen LogP contribution is -2.11. The molecule has 102 valence electrons. The molecule has 0 atom stereocenters. The van der Waals surface area contributed by atoms with Gasteiger partial charge in [-0.15, -0.1) is 0 Å². The van der Waals surface area contributed by atoms with Crippen LogP contribution in [0.1, 0.15) is 23.7 Å². The van der Waals surface area contributed by atoms with Crippen molar-refractivity contribution < 1.29 is 0 Å². The number of aromatic nitrogens is 2. The third-order valence-electron chi connectivity index (χ3n) is 2.98. The van der Waals surface area contributed by atoms with E-state index < -0.39 is 0 Å². The van der Waals surface area contributed by atoms with Crippen LogP contribution >= 0.6 is 23.2 Å². The molecule has 0 unspecified atom stereocenters. The summed E-state index contributed by atoms with van der Waals surface area (Å²) < 4.78 is 1.90. The Balaban J connectivity index is 2.17. The molecule has 0 saturated carbocycles. The summed E-state index contributed by atoms with van der Waals surface area (Å²) >= 11 is 12.2. The molecule has 0 aliphatic rings. The Morgan fingerprint density at radius 1 is 1.26 bits per heavy atom. The van der Waals surface area contributed by atoms with Gasteiger partial charge in [0.05, 0.1) is 22.3 Å². The number of hydrogen-bond donors (Lipinski definition) is 1. The zero-order valence-corrected chi connectivity index (χ0v) is 12.6. The summed E-state index contributed by atoms with van der Waals surface area (Å²) in [7, 11) is 0. The molecule has 1 aromatic carbocycles. The SMILES string of the molecule is CCNCc1cn(Cc2cccc(Cl)c2Cl)nc1C. The third kappa shape index (κ3) is 3.50. The minimum atomic E-state index is 0.580. The topological polar surface area (TPSA) is 29.9 Å². The Morgan fingerprint density at radius 2 is 2.05 bits per heavy atom. The van der Waals surface area contributed by atoms with Gasteiger partial charge in [-0.2, -0.15) is 5.10 Å². The molecule has 0 radical (unpaired) electrons. The highest BCUT2D eigenvalue weighted by Gasteiger charge is 2.08. The molecule has 0 spiro atoms. The first kappa shape index (κ1) is 14.4. The van der Waals surface area contributed by atoms with Crippen LogP contribution in [0.5, 0.6) is 0 Å². The molecule has 1 heterocycles. The van der Waals surface area contributed by atoms with E-state index in [0.717, 1.165) is 24.3 Å². The lowest BCUT2D eigenvalue weighted by Gasteiger charge is -2.05. The van der Waals surface area contributed by atoms with Gasteiger partial charge >= 0.3 is 0 Å². The molecule has 0 aliphatic heterocycles. The van der Waals surface area contributed by atoms with Gasteiger partial charge in [0.1, 0.15) is 0 Å². The summed E-state index contributed by atoms with van der Waals surface area (Å²) in [6.45, 7) is 6.52. The van der Waals surface area contributed by atoms with E-state index in [9.17, 15) is 0 Å². The monoisotopic (exact) mass is 297 g/mol. The van der Waals surface area contributed by atoms with Crippen LogP contribution < -0.4 is 5.32 Å². The van der Waals surface area contributed by atoms with Crippen molar-refractivity contribution >= 4 is 23.2 Å². The Labute approximate surface area is 123 Å². The van der Waals surface area contributed by atoms with Gasteiger partial charge in [0.2, 0.25) is 0 Å². The van der Waals surface area contributed by atoms with Crippen LogP contribution in [0.4, 0.5) is 0 Å². The number of aryl methyl sites for hydroxylation is 1. The molecule has 5 heteroatoms. The molecule has 0 saturated heterocycles. The van der Waals surface area contributed by atoms with E-state index in [-0.39, 0.29) is 0 Å². The van der Waals surface area contributed by atoms with Crippen LogP contribution in [0.3, 0.4) is 0 Å². The van der Waals surface area contributed by atoms with Gasteiger partial charge in [0, 0.05) is 18.3 Å². The lowest BCUT2D eigenvalue weighted by atomic mass is 10.2. The van der Waals surface area contributed by atoms with Crippen molar-refractivity contribution in [2.24, 2.45) is 0 Å². The molecule has 1 N–H and O–H groups in total. The second-order valence-corrected chi connectivity index (χ2v) is 5.22. The molecule has 0 amide bonds. The van der Waals surface area contributed by atoms with E-state index in [0.29, 0.717) is 16.6 Å². The Bertz CT molecular complexity index is 564. The summed E-state index contributed by atoms with van der Waals surface area (Å²) in [4.78, 5) is 0. The van der Waals surface area contributed by atoms with Crippen molar-refractivity contribution in [1.82, 2.24) is 15.1 Å². The van der Waals surface area contributed by atoms with Crippen molar-refractivity contribution in [1.29, 1.82) is 0 Å². The van der Waals surface area contributed by atoms with Gasteiger partial charge in [-0.1, -0.05) is 42.3 Å². The van der Waals surface area contributed by atoms with Gasteiger partial charge in [-0.25, -0.2) is 0 Å². The highest BCUT2D eigenvalue weighted by molar-refractivity contribution is 6.42. The summed E-state index contributed by atoms with van der Waals surface area (Å²) in [5, 5.41) is 8.99. The van der Waals surface area contributed by atoms with Crippen molar-refractivity contribution in [3.8, 4) is 0 Å². The Hall–Kier alpha value is -1.03. The Kier molecular flexibility index (Phi) is 4.86. The highest BCUT2D eigenvalue weighted by atomic mass is 35.5. The maximum atomic E-state index is 6.19. The van der Waals surface area contributed by atoms with E-state index >= 15 is 0 Å². The smallest absolute Gasteiger partial charge is 0.0674 e. The van der Waals surface area contributed by atoms with Crippen LogP contribution in [0.25, 0.3) is 0 Å². The fourth-order valence-corrected chi connectivity index (χ4v) is 2.30. The van der Waals surface area contributed by atoms with Crippen LogP contribution in [-0.4, -0.2) is 16.3 Å². The molecule has 2 aromatic rings. The summed E-state index contributed by atoms with van der Waals surface area (Å²) in [5.41, 5.74) is 3.23. The summed E-state index contributed by atoms with van der Waals surface area (Å²) in [6, 6.07) is 5.66. The fourth-order valence-electron chi connectivity index (χ4n) is 1.92. The largest absolute Gasteiger partial charge is 0.313 e. The van der Waals surface area contributed by atoms with Gasteiger partial charge < -0.3 is 5.32 Å². The van der Waals surface area contributed by atoms with Crippen LogP contribution in [0, 0.1) is 6.92 Å². The first-order valence-electron chi connectivity index (χ1n) is 6.28. The number of nitrogens with zero attached hydrogens (tertiary/aromatic N) is 2. The van der Waals surface area contributed by atoms with Crippen LogP contribution in [-0.2, 0) is 13.1 Å². The number of hydrogen-bond acceptors (Lipinski definition) is 2. The molecular weight excluding hydrogens is 281 g/mol. The predicted octanol–water partition coefficient (Wildman–Crippen LogP) is 3.66. The quantitative estimate of drug-likeness (QED) is 0.913. The molecule has 3 nitrogen and oxygen atoms in total. The van der Waals surface area contributed by atoms with Crippen molar-refractivity contribution in [3.05, 3.63) is 51.3 Å². The molecular formula is C14H17Cl2N3. The predicted molar refractivity (Wildman–Crippen MR) is 79.9 cm³/mol. The standard InChI is InChI=1S/C14H17Cl2N3/c1-3-17-7-12-9-19(18-10(12)2)8-11-5-4-6-13(15)14(11)16/h4-6,9,17H,3,7-8H2,1-2H3. The van der Waals surface area contributed by atoms with E-state index in [1.165, 1.54) is 5.56 Å². The zero-order valence-electron chi connectivity index (χ0n) is 11.1. The molecule has 2 rings (SSSR count). The maximum absolute atomic E-state index is 6.19. The fraction of sp³-hybridized carbons (Fsp3) is 0.357. The molecule has 19 heavy (non-hydrogen) atoms. The van der Waals surface area contributed by atoms with Crippen LogP contribution in [0.15, 0.2) is 24.4 Å². The maximum Gasteiger partial charge on any atom is 0.0674 e. The van der Waals surface area contributed by atoms with Gasteiger partial charge in [-0.3, -0.25) is 4.68 Å². The normalized spacial score (nSPS) is 10.9. The van der Waals surface area contributed by atoms with E-state index in [1.807, 2.05) is 23.7 Å². The van der Waals surface area contributed by atoms with Gasteiger partial charge in [-0.05, 0) is 25.1 Å². The van der Waals surface area contributed by atoms with Crippen molar-refractivity contribution in [2.45, 2.75) is 26.9 Å². The van der Waals surface area contributed by atoms with Crippen molar-refractivity contribution in [3.63, 3.8) is 0 Å². The average Bonchev–Trinajstić information content (AvgIpc) is 2.73. The molecule has 1 aromatic heterocycles. The number of halogens is 2. The highest BCUT2D eigenvalue weighted by Crippen LogP contribution is 2.26. The van der Waals surface area contributed by atoms with E-state index in [4.69, 9.17) is 23.2 Å². The minimum absolute atomic E-state index is 0.580. The average molecular weight is 298 g/mol. The Morgan fingerprint density at radius 3 is 2.79 bits per heavy atom. The third-order valence-corrected chi connectivity index (χ3v) is 3.84. The first-order chi connectivity index (χ1) is 9.11. The number of nitrogens with one attached hydrogen (secondary N) is 1. The van der Waals surface area contributed by atoms with Crippen molar-refractivity contribution in [2.75, 3.05) is 6.54 Å². The second-order valence-electron chi connectivity index (χ2n) is 4.43. The molecule has 0 fully saturated rings. The first-order valence-corrected chi connectivity index (χ1v) is 7.04. The van der Waals surface area contributed by atoms with Gasteiger partial charge in [0.15, 0.2) is 0 Å². The molecule has 0 bridgehead atoms. The summed E-state index contributed by atoms with van der Waals surface area (Å²) in [5.74, 6) is 0. The minimum Gasteiger partial charge on any atom is -0.313 e. The van der Waals surface area contributed by atoms with Crippen LogP contribution in [0.2, 0.25) is 10.0 Å². The zero-order chi connectivity index (χ0) is 13.8. The lowest BCUT2D eigenvalue weighted by molar-refractivity contribution is 0.678.